The molecule has 4 nitrogen and oxygen atoms in total. The quantitative estimate of drug-likeness (QED) is 0.666. The number of primary amides is 1. The van der Waals surface area contributed by atoms with Gasteiger partial charge in [-0.05, 0) is 20.8 Å². The molecule has 0 heterocycles. The van der Waals surface area contributed by atoms with E-state index in [9.17, 15) is 4.79 Å². The van der Waals surface area contributed by atoms with Crippen molar-refractivity contribution in [2.24, 2.45) is 5.73 Å². The highest BCUT2D eigenvalue weighted by Crippen LogP contribution is 2.08. The molecule has 0 aromatic heterocycles. The maximum absolute atomic E-state index is 10.3. The average Bonchev–Trinajstić information content (AvgIpc) is 1.81. The summed E-state index contributed by atoms with van der Waals surface area (Å²) < 4.78 is 9.82. The summed E-state index contributed by atoms with van der Waals surface area (Å²) in [7, 11) is 0. The summed E-state index contributed by atoms with van der Waals surface area (Å²) in [4.78, 5) is 10.3. The fraction of sp³-hybridized carbons (Fsp3) is 0.857. The molecule has 4 heteroatoms. The van der Waals surface area contributed by atoms with Crippen LogP contribution < -0.4 is 5.73 Å². The van der Waals surface area contributed by atoms with Crippen LogP contribution in [0.15, 0.2) is 0 Å². The van der Waals surface area contributed by atoms with Crippen molar-refractivity contribution in [3.63, 3.8) is 0 Å². The predicted octanol–water partition coefficient (Wildman–Crippen LogP) is 0.897. The molecule has 0 aliphatic carbocycles. The Morgan fingerprint density at radius 2 is 2.09 bits per heavy atom. The number of nitrogens with two attached hydrogens (primary N) is 1. The molecule has 1 amide bonds. The number of hydrogen-bond donors (Lipinski definition) is 1. The van der Waals surface area contributed by atoms with Crippen molar-refractivity contribution in [2.75, 3.05) is 13.2 Å². The van der Waals surface area contributed by atoms with Crippen LogP contribution in [0.25, 0.3) is 0 Å². The maximum atomic E-state index is 10.3. The number of hydrogen-bond acceptors (Lipinski definition) is 3. The second-order valence-corrected chi connectivity index (χ2v) is 2.82. The molecule has 11 heavy (non-hydrogen) atoms. The number of rotatable bonds is 4. The molecule has 0 unspecified atom stereocenters. The fourth-order valence-electron chi connectivity index (χ4n) is 0.650. The Morgan fingerprint density at radius 1 is 1.55 bits per heavy atom. The van der Waals surface area contributed by atoms with Gasteiger partial charge in [0.15, 0.2) is 0 Å². The minimum atomic E-state index is -0.769. The third-order valence-corrected chi connectivity index (χ3v) is 1.03. The Kier molecular flexibility index (Phi) is 3.89. The highest BCUT2D eigenvalue weighted by Gasteiger charge is 2.21. The molecule has 0 saturated carbocycles. The van der Waals surface area contributed by atoms with Crippen LogP contribution >= 0.6 is 0 Å². The molecule has 0 aliphatic heterocycles. The van der Waals surface area contributed by atoms with E-state index in [1.165, 1.54) is 0 Å². The van der Waals surface area contributed by atoms with Crippen molar-refractivity contribution in [3.05, 3.63) is 0 Å². The Bertz CT molecular complexity index is 134. The molecule has 0 aromatic carbocycles. The van der Waals surface area contributed by atoms with Crippen molar-refractivity contribution < 1.29 is 14.3 Å². The molecule has 0 aromatic rings. The lowest BCUT2D eigenvalue weighted by Crippen LogP contribution is -2.35. The van der Waals surface area contributed by atoms with Gasteiger partial charge in [-0.3, -0.25) is 0 Å². The number of carbonyl (C=O) groups excluding carboxylic acids is 1. The van der Waals surface area contributed by atoms with E-state index in [1.54, 1.807) is 13.8 Å². The lowest BCUT2D eigenvalue weighted by Gasteiger charge is -2.23. The Balaban J connectivity index is 3.70. The van der Waals surface area contributed by atoms with Crippen molar-refractivity contribution in [2.45, 2.75) is 26.4 Å². The van der Waals surface area contributed by atoms with Crippen molar-refractivity contribution in [1.82, 2.24) is 0 Å². The van der Waals surface area contributed by atoms with E-state index in [1.807, 2.05) is 6.92 Å². The van der Waals surface area contributed by atoms with Gasteiger partial charge in [0.25, 0.3) is 0 Å². The van der Waals surface area contributed by atoms with Crippen LogP contribution in [0.4, 0.5) is 4.79 Å². The summed E-state index contributed by atoms with van der Waals surface area (Å²) >= 11 is 0. The average molecular weight is 161 g/mol. The standard InChI is InChI=1S/C7H15NO3/c1-4-10-5-7(2,3)11-6(8)9/h4-5H2,1-3H3,(H2,8,9). The molecular formula is C7H15NO3. The minimum Gasteiger partial charge on any atom is -0.441 e. The molecule has 0 fully saturated rings. The second kappa shape index (κ2) is 4.18. The highest BCUT2D eigenvalue weighted by molar-refractivity contribution is 5.65. The predicted molar refractivity (Wildman–Crippen MR) is 41.2 cm³/mol. The summed E-state index contributed by atoms with van der Waals surface area (Å²) in [5.41, 5.74) is 4.21. The van der Waals surface area contributed by atoms with E-state index in [0.29, 0.717) is 13.2 Å². The summed E-state index contributed by atoms with van der Waals surface area (Å²) in [5, 5.41) is 0. The largest absolute Gasteiger partial charge is 0.441 e. The third kappa shape index (κ3) is 5.66. The van der Waals surface area contributed by atoms with Gasteiger partial charge in [0.1, 0.15) is 5.60 Å². The monoisotopic (exact) mass is 161 g/mol. The molecule has 0 aliphatic rings. The van der Waals surface area contributed by atoms with E-state index in [2.05, 4.69) is 0 Å². The lowest BCUT2D eigenvalue weighted by molar-refractivity contribution is -0.0266. The van der Waals surface area contributed by atoms with Crippen LogP contribution in [0.3, 0.4) is 0 Å². The van der Waals surface area contributed by atoms with Crippen LogP contribution in [-0.2, 0) is 9.47 Å². The Morgan fingerprint density at radius 3 is 2.45 bits per heavy atom. The summed E-state index contributed by atoms with van der Waals surface area (Å²) in [6.45, 7) is 6.33. The molecule has 0 atom stereocenters. The van der Waals surface area contributed by atoms with Crippen molar-refractivity contribution in [3.8, 4) is 0 Å². The lowest BCUT2D eigenvalue weighted by atomic mass is 10.1. The van der Waals surface area contributed by atoms with E-state index < -0.39 is 11.7 Å². The molecule has 0 rings (SSSR count). The Labute approximate surface area is 66.7 Å². The van der Waals surface area contributed by atoms with Gasteiger partial charge < -0.3 is 15.2 Å². The van der Waals surface area contributed by atoms with Gasteiger partial charge in [-0.2, -0.15) is 0 Å². The summed E-state index contributed by atoms with van der Waals surface area (Å²) in [6.07, 6.45) is -0.769. The number of ether oxygens (including phenoxy) is 2. The molecule has 0 radical (unpaired) electrons. The van der Waals surface area contributed by atoms with Crippen LogP contribution in [0.5, 0.6) is 0 Å². The number of amides is 1. The molecule has 2 N–H and O–H groups in total. The molecule has 0 saturated heterocycles. The highest BCUT2D eigenvalue weighted by atomic mass is 16.6. The van der Waals surface area contributed by atoms with E-state index in [0.717, 1.165) is 0 Å². The first-order valence-corrected chi connectivity index (χ1v) is 3.54. The zero-order valence-corrected chi connectivity index (χ0v) is 7.22. The van der Waals surface area contributed by atoms with Crippen LogP contribution in [0, 0.1) is 0 Å². The van der Waals surface area contributed by atoms with E-state index in [-0.39, 0.29) is 0 Å². The SMILES string of the molecule is CCOCC(C)(C)OC(N)=O. The molecule has 0 bridgehead atoms. The normalized spacial score (nSPS) is 11.2. The topological polar surface area (TPSA) is 61.6 Å². The third-order valence-electron chi connectivity index (χ3n) is 1.03. The smallest absolute Gasteiger partial charge is 0.405 e. The van der Waals surface area contributed by atoms with Crippen LogP contribution in [-0.4, -0.2) is 24.9 Å². The first-order chi connectivity index (χ1) is 4.98. The maximum Gasteiger partial charge on any atom is 0.405 e. The van der Waals surface area contributed by atoms with Gasteiger partial charge in [0, 0.05) is 6.61 Å². The van der Waals surface area contributed by atoms with E-state index in [4.69, 9.17) is 15.2 Å². The van der Waals surface area contributed by atoms with Crippen LogP contribution in [0.1, 0.15) is 20.8 Å². The first kappa shape index (κ1) is 10.2. The molecule has 66 valence electrons. The zero-order chi connectivity index (χ0) is 8.91. The van der Waals surface area contributed by atoms with E-state index >= 15 is 0 Å². The second-order valence-electron chi connectivity index (χ2n) is 2.82. The minimum absolute atomic E-state index is 0.367. The molecular weight excluding hydrogens is 146 g/mol. The molecule has 0 spiro atoms. The van der Waals surface area contributed by atoms with Crippen molar-refractivity contribution in [1.29, 1.82) is 0 Å². The first-order valence-electron chi connectivity index (χ1n) is 3.54. The van der Waals surface area contributed by atoms with Gasteiger partial charge in [-0.25, -0.2) is 4.79 Å². The van der Waals surface area contributed by atoms with Crippen LogP contribution in [0.2, 0.25) is 0 Å². The number of carbonyl (C=O) groups is 1. The van der Waals surface area contributed by atoms with Gasteiger partial charge >= 0.3 is 6.09 Å². The summed E-state index contributed by atoms with van der Waals surface area (Å²) in [6, 6.07) is 0. The fourth-order valence-corrected chi connectivity index (χ4v) is 0.650. The van der Waals surface area contributed by atoms with Gasteiger partial charge in [0.05, 0.1) is 6.61 Å². The van der Waals surface area contributed by atoms with Crippen molar-refractivity contribution >= 4 is 6.09 Å². The van der Waals surface area contributed by atoms with Gasteiger partial charge in [-0.1, -0.05) is 0 Å². The van der Waals surface area contributed by atoms with Gasteiger partial charge in [-0.15, -0.1) is 0 Å². The Hall–Kier alpha value is -0.770. The summed E-state index contributed by atoms with van der Waals surface area (Å²) in [5.74, 6) is 0. The van der Waals surface area contributed by atoms with Gasteiger partial charge in [0.2, 0.25) is 0 Å². The zero-order valence-electron chi connectivity index (χ0n) is 7.22.